The van der Waals surface area contributed by atoms with Gasteiger partial charge in [-0.05, 0) is 141 Å². The van der Waals surface area contributed by atoms with Gasteiger partial charge in [0.1, 0.15) is 0 Å². The van der Waals surface area contributed by atoms with Crippen LogP contribution in [0.2, 0.25) is 0 Å². The zero-order valence-electron chi connectivity index (χ0n) is 49.5. The summed E-state index contributed by atoms with van der Waals surface area (Å²) < 4.78 is 61.7. The van der Waals surface area contributed by atoms with Gasteiger partial charge in [0.15, 0.2) is 25.3 Å². The van der Waals surface area contributed by atoms with Gasteiger partial charge >= 0.3 is 0 Å². The predicted octanol–water partition coefficient (Wildman–Crippen LogP) is 15.0. The molecule has 7 nitrogen and oxygen atoms in total. The van der Waals surface area contributed by atoms with E-state index in [1.54, 1.807) is 19.8 Å². The highest BCUT2D eigenvalue weighted by Crippen LogP contribution is 2.62. The fraction of sp³-hybridized carbons (Fsp3) is 0.983. The fourth-order valence-corrected chi connectivity index (χ4v) is 16.9. The second kappa shape index (κ2) is 25.0. The quantitative estimate of drug-likeness (QED) is 0.237. The summed E-state index contributed by atoms with van der Waals surface area (Å²) in [5.74, 6) is 11.8. The van der Waals surface area contributed by atoms with Crippen molar-refractivity contribution in [3.05, 3.63) is 0 Å². The maximum atomic E-state index is 13.3. The first-order valence-electron chi connectivity index (χ1n) is 27.3. The molecule has 2 saturated carbocycles. The van der Waals surface area contributed by atoms with Crippen LogP contribution in [0.1, 0.15) is 204 Å². The van der Waals surface area contributed by atoms with Crippen molar-refractivity contribution in [1.82, 2.24) is 4.90 Å². The number of carbonyl (C=O) groups is 1. The lowest BCUT2D eigenvalue weighted by Gasteiger charge is -2.58. The third-order valence-corrected chi connectivity index (χ3v) is 23.5. The Morgan fingerprint density at radius 1 is 0.543 bits per heavy atom. The molecule has 70 heavy (non-hydrogen) atoms. The highest BCUT2D eigenvalue weighted by Gasteiger charge is 2.51. The summed E-state index contributed by atoms with van der Waals surface area (Å²) in [4.78, 5) is 13.0. The zero-order valence-corrected chi connectivity index (χ0v) is 52.8. The van der Waals surface area contributed by atoms with E-state index in [2.05, 4.69) is 148 Å². The molecule has 0 aromatic heterocycles. The number of thioether (sulfide) groups is 2. The van der Waals surface area contributed by atoms with Gasteiger partial charge in [0.05, 0.1) is 36.2 Å². The van der Waals surface area contributed by atoms with E-state index in [1.807, 2.05) is 25.7 Å². The molecule has 8 aliphatic rings. The highest BCUT2D eigenvalue weighted by atomic mass is 32.2. The summed E-state index contributed by atoms with van der Waals surface area (Å²) in [6.45, 7) is 50.4. The van der Waals surface area contributed by atoms with Crippen LogP contribution in [0.15, 0.2) is 0 Å². The second-order valence-corrected chi connectivity index (χ2v) is 37.1. The Morgan fingerprint density at radius 2 is 0.971 bits per heavy atom. The summed E-state index contributed by atoms with van der Waals surface area (Å²) in [7, 11) is -5.29. The first kappa shape index (κ1) is 66.1. The van der Waals surface area contributed by atoms with Crippen LogP contribution in [-0.4, -0.2) is 106 Å². The van der Waals surface area contributed by atoms with Crippen molar-refractivity contribution < 1.29 is 30.8 Å². The lowest BCUT2D eigenvalue weighted by atomic mass is 9.47. The monoisotopic (exact) mass is 1070 g/mol. The van der Waals surface area contributed by atoms with Crippen LogP contribution >= 0.6 is 23.5 Å². The van der Waals surface area contributed by atoms with Crippen LogP contribution in [0, 0.1) is 78.8 Å². The summed E-state index contributed by atoms with van der Waals surface area (Å²) >= 11 is 4.18. The Bertz CT molecular complexity index is 1790. The maximum Gasteiger partial charge on any atom is 0.219 e. The molecule has 1 amide bonds. The Balaban J connectivity index is 0.000000281. The average molecular weight is 1070 g/mol. The van der Waals surface area contributed by atoms with Crippen LogP contribution in [0.3, 0.4) is 0 Å². The fourth-order valence-electron chi connectivity index (χ4n) is 9.65. The van der Waals surface area contributed by atoms with E-state index in [-0.39, 0.29) is 35.4 Å². The van der Waals surface area contributed by atoms with E-state index in [9.17, 15) is 26.0 Å². The van der Waals surface area contributed by atoms with Crippen LogP contribution in [-0.2, 0) is 29.2 Å². The van der Waals surface area contributed by atoms with Gasteiger partial charge in [0.25, 0.3) is 0 Å². The molecular formula is C58H112FNO6S4. The summed E-state index contributed by atoms with van der Waals surface area (Å²) in [5, 5.41) is 0. The van der Waals surface area contributed by atoms with Gasteiger partial charge in [0.2, 0.25) is 5.91 Å². The molecule has 8 rings (SSSR count). The molecule has 416 valence electrons. The molecule has 8 fully saturated rings. The SMILES string of the molecule is CC(=O)N1CCC(C(C)(C)C)C1.CC(C)(C)C1(F)COC1.CC(C)(C)C1CC2(CCC2)C1.CC(C)(C)C1CCS(=O)(=O)C1.CC(C)(C)C1CCSC1.CC(C)(C)C1CS(=O)(=O)C1.CC(C)(C)C1CSC1. The topological polar surface area (TPSA) is 97.8 Å². The number of carbonyl (C=O) groups excluding carboxylic acids is 1. The molecule has 3 atom stereocenters. The third-order valence-electron chi connectivity index (χ3n) is 17.5. The summed E-state index contributed by atoms with van der Waals surface area (Å²) in [5.41, 5.74) is 1.95. The van der Waals surface area contributed by atoms with Crippen LogP contribution in [0.4, 0.5) is 4.39 Å². The van der Waals surface area contributed by atoms with Gasteiger partial charge in [-0.2, -0.15) is 23.5 Å². The molecule has 0 aromatic rings. The number of rotatable bonds is 0. The van der Waals surface area contributed by atoms with Crippen LogP contribution in [0.25, 0.3) is 0 Å². The van der Waals surface area contributed by atoms with Crippen molar-refractivity contribution in [2.24, 2.45) is 78.8 Å². The number of ether oxygens (including phenoxy) is 1. The molecule has 6 aliphatic heterocycles. The number of alkyl halides is 1. The van der Waals surface area contributed by atoms with Gasteiger partial charge in [-0.15, -0.1) is 0 Å². The third kappa shape index (κ3) is 21.9. The van der Waals surface area contributed by atoms with Crippen molar-refractivity contribution in [3.8, 4) is 0 Å². The van der Waals surface area contributed by atoms with E-state index in [0.717, 1.165) is 42.7 Å². The second-order valence-electron chi connectivity index (χ2n) is 30.5. The van der Waals surface area contributed by atoms with E-state index >= 15 is 0 Å². The lowest BCUT2D eigenvalue weighted by molar-refractivity contribution is -0.182. The van der Waals surface area contributed by atoms with E-state index < -0.39 is 25.3 Å². The number of halogens is 1. The van der Waals surface area contributed by atoms with Gasteiger partial charge in [-0.25, -0.2) is 21.2 Å². The largest absolute Gasteiger partial charge is 0.375 e. The zero-order chi connectivity index (χ0) is 54.4. The number of sulfone groups is 2. The minimum absolute atomic E-state index is 0.156. The Morgan fingerprint density at radius 3 is 1.13 bits per heavy atom. The minimum Gasteiger partial charge on any atom is -0.375 e. The Hall–Kier alpha value is -0.0400. The van der Waals surface area contributed by atoms with Crippen molar-refractivity contribution in [2.75, 3.05) is 72.3 Å². The van der Waals surface area contributed by atoms with Gasteiger partial charge in [-0.3, -0.25) is 4.79 Å². The first-order valence-corrected chi connectivity index (χ1v) is 33.3. The molecular weight excluding hydrogens is 954 g/mol. The first-order chi connectivity index (χ1) is 31.2. The van der Waals surface area contributed by atoms with Crippen molar-refractivity contribution >= 4 is 49.1 Å². The smallest absolute Gasteiger partial charge is 0.219 e. The number of nitrogens with zero attached hydrogens (tertiary/aromatic N) is 1. The maximum absolute atomic E-state index is 13.3. The van der Waals surface area contributed by atoms with Crippen molar-refractivity contribution in [3.63, 3.8) is 0 Å². The molecule has 6 saturated heterocycles. The van der Waals surface area contributed by atoms with E-state index in [0.29, 0.717) is 62.4 Å². The molecule has 0 aromatic carbocycles. The molecule has 0 bridgehead atoms. The van der Waals surface area contributed by atoms with E-state index in [4.69, 9.17) is 4.74 Å². The molecule has 12 heteroatoms. The molecule has 2 aliphatic carbocycles. The predicted molar refractivity (Wildman–Crippen MR) is 305 cm³/mol. The van der Waals surface area contributed by atoms with Gasteiger partial charge < -0.3 is 9.64 Å². The number of likely N-dealkylation sites (tertiary alicyclic amines) is 1. The number of hydrogen-bond donors (Lipinski definition) is 0. The van der Waals surface area contributed by atoms with Gasteiger partial charge in [-0.1, -0.05) is 152 Å². The van der Waals surface area contributed by atoms with Crippen molar-refractivity contribution in [1.29, 1.82) is 0 Å². The summed E-state index contributed by atoms with van der Waals surface area (Å²) in [6, 6.07) is 0. The molecule has 1 spiro atoms. The van der Waals surface area contributed by atoms with Crippen LogP contribution < -0.4 is 0 Å². The Labute approximate surface area is 442 Å². The Kier molecular flexibility index (Phi) is 23.6. The average Bonchev–Trinajstić information content (AvgIpc) is 3.85. The number of amides is 1. The normalized spacial score (nSPS) is 27.0. The van der Waals surface area contributed by atoms with E-state index in [1.165, 1.54) is 55.1 Å². The van der Waals surface area contributed by atoms with Crippen LogP contribution in [0.5, 0.6) is 0 Å². The minimum atomic E-state index is -2.68. The lowest BCUT2D eigenvalue weighted by Crippen LogP contribution is -2.54. The summed E-state index contributed by atoms with van der Waals surface area (Å²) in [6.07, 6.45) is 11.1. The standard InChI is InChI=1S/C11H20.C10H19NO.C8H16O2S.C8H16S.C7H13FO.C7H14O2S.C7H14S/c1-10(2,3)9-7-11(8-9)5-4-6-11;1-8(12)11-6-5-9(7-11)10(2,3)4;1-8(2,3)7-4-5-11(9,10)6-7;1-8(2,3)7-4-5-9-6-7;1-6(2,3)7(8)4-9-5-7;1-7(2,3)6-4-10(8,9)5-6;1-7(2,3)6-4-8-5-6/h9H,4-8H2,1-3H3;9H,5-7H2,1-4H3;7H,4-6H2,1-3H3;7H,4-6H2,1-3H3;4-5H2,1-3H3;6H,4-5H2,1-3H3;6H,4-5H2,1-3H3. The molecule has 0 radical (unpaired) electrons. The molecule has 6 heterocycles. The number of hydrogen-bond acceptors (Lipinski definition) is 8. The molecule has 3 unspecified atom stereocenters. The van der Waals surface area contributed by atoms with Gasteiger partial charge in [0, 0.05) is 25.4 Å². The highest BCUT2D eigenvalue weighted by molar-refractivity contribution is 8.00. The molecule has 0 N–H and O–H groups in total. The van der Waals surface area contributed by atoms with Crippen molar-refractivity contribution in [2.45, 2.75) is 209 Å².